The van der Waals surface area contributed by atoms with E-state index in [2.05, 4.69) is 34.6 Å². The zero-order chi connectivity index (χ0) is 36.9. The standard InChI is InChI=1S/C44H84O6/c1-6-8-9-22-29-34-42(45)48-37-41(38-49-43(46)35-30-25-20-16-12-10-14-18-23-27-32-39(3)4)50-44(47)36-31-26-21-17-13-11-15-19-24-28-33-40(5)7-2/h39-41H,6-38H2,1-5H3/t40?,41-/m1/s1. The Labute approximate surface area is 310 Å². The third kappa shape index (κ3) is 36.2. The Morgan fingerprint density at radius 3 is 1.14 bits per heavy atom. The first-order chi connectivity index (χ1) is 24.3. The summed E-state index contributed by atoms with van der Waals surface area (Å²) in [6.07, 6.45) is 33.9. The molecule has 0 aliphatic rings. The van der Waals surface area contributed by atoms with Crippen LogP contribution in [0.5, 0.6) is 0 Å². The van der Waals surface area contributed by atoms with Crippen LogP contribution in [0.4, 0.5) is 0 Å². The molecule has 0 fully saturated rings. The molecule has 0 radical (unpaired) electrons. The monoisotopic (exact) mass is 709 g/mol. The minimum atomic E-state index is -0.758. The summed E-state index contributed by atoms with van der Waals surface area (Å²) in [7, 11) is 0. The average Bonchev–Trinajstić information content (AvgIpc) is 3.09. The molecule has 0 aromatic carbocycles. The Morgan fingerprint density at radius 2 is 0.760 bits per heavy atom. The van der Waals surface area contributed by atoms with Crippen LogP contribution in [-0.4, -0.2) is 37.2 Å². The number of ether oxygens (including phenoxy) is 3. The van der Waals surface area contributed by atoms with Gasteiger partial charge in [0.25, 0.3) is 0 Å². The molecule has 0 rings (SSSR count). The summed E-state index contributed by atoms with van der Waals surface area (Å²) in [4.78, 5) is 37.4. The van der Waals surface area contributed by atoms with Gasteiger partial charge in [-0.2, -0.15) is 0 Å². The maximum atomic E-state index is 12.6. The molecule has 0 aliphatic carbocycles. The minimum Gasteiger partial charge on any atom is -0.462 e. The molecule has 0 bridgehead atoms. The van der Waals surface area contributed by atoms with Gasteiger partial charge >= 0.3 is 17.9 Å². The molecule has 0 spiro atoms. The highest BCUT2D eigenvalue weighted by atomic mass is 16.6. The first-order valence-corrected chi connectivity index (χ1v) is 21.8. The Bertz CT molecular complexity index is 766. The zero-order valence-corrected chi connectivity index (χ0v) is 34.0. The highest BCUT2D eigenvalue weighted by molar-refractivity contribution is 5.71. The fraction of sp³-hybridized carbons (Fsp3) is 0.932. The molecule has 0 heterocycles. The largest absolute Gasteiger partial charge is 0.462 e. The van der Waals surface area contributed by atoms with Gasteiger partial charge in [-0.05, 0) is 31.1 Å². The molecule has 0 saturated carbocycles. The van der Waals surface area contributed by atoms with Crippen LogP contribution in [-0.2, 0) is 28.6 Å². The van der Waals surface area contributed by atoms with E-state index in [1.54, 1.807) is 0 Å². The van der Waals surface area contributed by atoms with E-state index in [1.807, 2.05) is 0 Å². The van der Waals surface area contributed by atoms with Gasteiger partial charge in [-0.25, -0.2) is 0 Å². The first-order valence-electron chi connectivity index (χ1n) is 21.8. The summed E-state index contributed by atoms with van der Waals surface area (Å²) in [6, 6.07) is 0. The van der Waals surface area contributed by atoms with Crippen molar-refractivity contribution < 1.29 is 28.6 Å². The normalized spacial score (nSPS) is 12.6. The van der Waals surface area contributed by atoms with Gasteiger partial charge in [-0.1, -0.05) is 195 Å². The van der Waals surface area contributed by atoms with E-state index >= 15 is 0 Å². The van der Waals surface area contributed by atoms with Gasteiger partial charge in [0.1, 0.15) is 13.2 Å². The SMILES string of the molecule is CCCCCCCC(=O)OC[C@H](COC(=O)CCCCCCCCCCCCC(C)C)OC(=O)CCCCCCCCCCCCC(C)CC. The number of rotatable bonds is 38. The molecule has 0 amide bonds. The van der Waals surface area contributed by atoms with Crippen molar-refractivity contribution in [3.63, 3.8) is 0 Å². The van der Waals surface area contributed by atoms with E-state index in [4.69, 9.17) is 14.2 Å². The smallest absolute Gasteiger partial charge is 0.306 e. The summed E-state index contributed by atoms with van der Waals surface area (Å²) in [5, 5.41) is 0. The van der Waals surface area contributed by atoms with Crippen LogP contribution in [0.15, 0.2) is 0 Å². The predicted octanol–water partition coefficient (Wildman–Crippen LogP) is 13.4. The lowest BCUT2D eigenvalue weighted by Crippen LogP contribution is -2.30. The Morgan fingerprint density at radius 1 is 0.420 bits per heavy atom. The fourth-order valence-electron chi connectivity index (χ4n) is 6.37. The van der Waals surface area contributed by atoms with E-state index < -0.39 is 6.10 Å². The number of carbonyl (C=O) groups is 3. The molecular formula is C44H84O6. The Hall–Kier alpha value is -1.59. The minimum absolute atomic E-state index is 0.0663. The number of unbranched alkanes of at least 4 members (excludes halogenated alkanes) is 22. The fourth-order valence-corrected chi connectivity index (χ4v) is 6.37. The molecule has 0 N–H and O–H groups in total. The van der Waals surface area contributed by atoms with Gasteiger partial charge in [-0.15, -0.1) is 0 Å². The topological polar surface area (TPSA) is 78.9 Å². The Balaban J connectivity index is 4.23. The van der Waals surface area contributed by atoms with Crippen molar-refractivity contribution in [3.05, 3.63) is 0 Å². The van der Waals surface area contributed by atoms with Gasteiger partial charge < -0.3 is 14.2 Å². The number of carbonyl (C=O) groups excluding carboxylic acids is 3. The van der Waals surface area contributed by atoms with Crippen molar-refractivity contribution in [2.75, 3.05) is 13.2 Å². The number of hydrogen-bond donors (Lipinski definition) is 0. The van der Waals surface area contributed by atoms with Crippen LogP contribution in [0, 0.1) is 11.8 Å². The van der Waals surface area contributed by atoms with Crippen molar-refractivity contribution >= 4 is 17.9 Å². The maximum absolute atomic E-state index is 12.6. The van der Waals surface area contributed by atoms with Crippen LogP contribution in [0.1, 0.15) is 234 Å². The highest BCUT2D eigenvalue weighted by Gasteiger charge is 2.19. The number of hydrogen-bond acceptors (Lipinski definition) is 6. The van der Waals surface area contributed by atoms with E-state index in [-0.39, 0.29) is 31.1 Å². The molecule has 296 valence electrons. The van der Waals surface area contributed by atoms with Gasteiger partial charge in [0.2, 0.25) is 0 Å². The Kier molecular flexibility index (Phi) is 36.0. The molecule has 1 unspecified atom stereocenters. The van der Waals surface area contributed by atoms with E-state index in [0.717, 1.165) is 76.0 Å². The van der Waals surface area contributed by atoms with Gasteiger partial charge in [0, 0.05) is 19.3 Å². The highest BCUT2D eigenvalue weighted by Crippen LogP contribution is 2.17. The average molecular weight is 709 g/mol. The zero-order valence-electron chi connectivity index (χ0n) is 34.0. The van der Waals surface area contributed by atoms with E-state index in [1.165, 1.54) is 116 Å². The maximum Gasteiger partial charge on any atom is 0.306 e. The lowest BCUT2D eigenvalue weighted by atomic mass is 9.99. The van der Waals surface area contributed by atoms with Crippen LogP contribution >= 0.6 is 0 Å². The van der Waals surface area contributed by atoms with Crippen molar-refractivity contribution in [3.8, 4) is 0 Å². The molecular weight excluding hydrogens is 624 g/mol. The summed E-state index contributed by atoms with van der Waals surface area (Å²) >= 11 is 0. The molecule has 0 aliphatic heterocycles. The summed E-state index contributed by atoms with van der Waals surface area (Å²) < 4.78 is 16.6. The second-order valence-electron chi connectivity index (χ2n) is 15.7. The third-order valence-corrected chi connectivity index (χ3v) is 10.1. The summed E-state index contributed by atoms with van der Waals surface area (Å²) in [5.74, 6) is 0.812. The van der Waals surface area contributed by atoms with Crippen LogP contribution < -0.4 is 0 Å². The van der Waals surface area contributed by atoms with Gasteiger partial charge in [0.05, 0.1) is 0 Å². The first kappa shape index (κ1) is 48.4. The van der Waals surface area contributed by atoms with Crippen molar-refractivity contribution in [2.24, 2.45) is 11.8 Å². The lowest BCUT2D eigenvalue weighted by molar-refractivity contribution is -0.167. The van der Waals surface area contributed by atoms with Gasteiger partial charge in [0.15, 0.2) is 6.10 Å². The lowest BCUT2D eigenvalue weighted by Gasteiger charge is -2.18. The van der Waals surface area contributed by atoms with Crippen LogP contribution in [0.25, 0.3) is 0 Å². The van der Waals surface area contributed by atoms with Crippen molar-refractivity contribution in [2.45, 2.75) is 240 Å². The predicted molar refractivity (Wildman–Crippen MR) is 210 cm³/mol. The van der Waals surface area contributed by atoms with Gasteiger partial charge in [-0.3, -0.25) is 14.4 Å². The molecule has 0 aromatic rings. The van der Waals surface area contributed by atoms with E-state index in [9.17, 15) is 14.4 Å². The molecule has 6 heteroatoms. The molecule has 0 aromatic heterocycles. The summed E-state index contributed by atoms with van der Waals surface area (Å²) in [6.45, 7) is 11.3. The molecule has 50 heavy (non-hydrogen) atoms. The summed E-state index contributed by atoms with van der Waals surface area (Å²) in [5.41, 5.74) is 0. The molecule has 0 saturated heterocycles. The number of esters is 3. The third-order valence-electron chi connectivity index (χ3n) is 10.1. The second-order valence-corrected chi connectivity index (χ2v) is 15.7. The van der Waals surface area contributed by atoms with E-state index in [0.29, 0.717) is 19.3 Å². The van der Waals surface area contributed by atoms with Crippen molar-refractivity contribution in [1.82, 2.24) is 0 Å². The van der Waals surface area contributed by atoms with Crippen molar-refractivity contribution in [1.29, 1.82) is 0 Å². The van der Waals surface area contributed by atoms with Crippen LogP contribution in [0.2, 0.25) is 0 Å². The molecule has 2 atom stereocenters. The second kappa shape index (κ2) is 37.2. The quantitative estimate of drug-likeness (QED) is 0.0361. The molecule has 6 nitrogen and oxygen atoms in total. The van der Waals surface area contributed by atoms with Crippen LogP contribution in [0.3, 0.4) is 0 Å².